The highest BCUT2D eigenvalue weighted by Gasteiger charge is 2.39. The van der Waals surface area contributed by atoms with Gasteiger partial charge in [-0.05, 0) is 61.8 Å². The van der Waals surface area contributed by atoms with Gasteiger partial charge in [-0.2, -0.15) is 5.10 Å². The van der Waals surface area contributed by atoms with Gasteiger partial charge in [0, 0.05) is 24.0 Å². The summed E-state index contributed by atoms with van der Waals surface area (Å²) >= 11 is 6.52. The van der Waals surface area contributed by atoms with Crippen LogP contribution in [0.2, 0.25) is 5.02 Å². The summed E-state index contributed by atoms with van der Waals surface area (Å²) in [4.78, 5) is 32.4. The maximum Gasteiger partial charge on any atom is 0.270 e. The van der Waals surface area contributed by atoms with Gasteiger partial charge in [0.15, 0.2) is 5.82 Å². The van der Waals surface area contributed by atoms with Crippen molar-refractivity contribution in [1.29, 1.82) is 0 Å². The van der Waals surface area contributed by atoms with Gasteiger partial charge in [0.2, 0.25) is 5.91 Å². The maximum absolute atomic E-state index is 13.3. The number of anilines is 1. The van der Waals surface area contributed by atoms with Gasteiger partial charge < -0.3 is 20.1 Å². The first-order valence-electron chi connectivity index (χ1n) is 14.2. The highest BCUT2D eigenvalue weighted by atomic mass is 35.5. The number of aryl methyl sites for hydroxylation is 1. The number of amides is 2. The van der Waals surface area contributed by atoms with E-state index < -0.39 is 0 Å². The second-order valence-corrected chi connectivity index (χ2v) is 12.7. The van der Waals surface area contributed by atoms with Crippen molar-refractivity contribution in [2.24, 2.45) is 13.0 Å². The summed E-state index contributed by atoms with van der Waals surface area (Å²) < 4.78 is 1.82. The molecule has 2 aliphatic rings. The zero-order chi connectivity index (χ0) is 28.8. The van der Waals surface area contributed by atoms with Crippen molar-refractivity contribution < 1.29 is 9.59 Å². The number of aromatic amines is 1. The molecule has 1 aliphatic heterocycles. The number of nitrogens with one attached hydrogen (secondary N) is 3. The van der Waals surface area contributed by atoms with E-state index in [-0.39, 0.29) is 29.3 Å². The Labute approximate surface area is 240 Å². The van der Waals surface area contributed by atoms with Gasteiger partial charge in [0.05, 0.1) is 29.8 Å². The molecule has 2 atom stereocenters. The highest BCUT2D eigenvalue weighted by Crippen LogP contribution is 2.35. The summed E-state index contributed by atoms with van der Waals surface area (Å²) in [7, 11) is 1.85. The lowest BCUT2D eigenvalue weighted by Gasteiger charge is -2.46. The predicted octanol–water partition coefficient (Wildman–Crippen LogP) is 5.24. The summed E-state index contributed by atoms with van der Waals surface area (Å²) in [5.41, 5.74) is 2.97. The molecule has 2 aromatic heterocycles. The minimum absolute atomic E-state index is 0.0257. The molecule has 5 rings (SSSR count). The van der Waals surface area contributed by atoms with Gasteiger partial charge >= 0.3 is 0 Å². The largest absolute Gasteiger partial charge is 0.361 e. The van der Waals surface area contributed by atoms with Crippen molar-refractivity contribution in [3.63, 3.8) is 0 Å². The second-order valence-electron chi connectivity index (χ2n) is 12.3. The minimum Gasteiger partial charge on any atom is -0.361 e. The molecule has 0 bridgehead atoms. The van der Waals surface area contributed by atoms with Crippen LogP contribution < -0.4 is 10.6 Å². The van der Waals surface area contributed by atoms with Crippen molar-refractivity contribution in [2.75, 3.05) is 11.9 Å². The molecule has 1 aromatic carbocycles. The smallest absolute Gasteiger partial charge is 0.270 e. The number of likely N-dealkylation sites (tertiary alicyclic amines) is 1. The van der Waals surface area contributed by atoms with Crippen LogP contribution in [0, 0.1) is 12.8 Å². The van der Waals surface area contributed by atoms with Crippen LogP contribution in [0.4, 0.5) is 5.82 Å². The molecule has 9 nitrogen and oxygen atoms in total. The molecule has 0 radical (unpaired) electrons. The number of fused-ring (bicyclic) bond motifs is 1. The first kappa shape index (κ1) is 28.2. The summed E-state index contributed by atoms with van der Waals surface area (Å²) in [6.45, 7) is 11.1. The highest BCUT2D eigenvalue weighted by molar-refractivity contribution is 6.32. The minimum atomic E-state index is -0.182. The third kappa shape index (κ3) is 5.48. The van der Waals surface area contributed by atoms with E-state index in [1.54, 1.807) is 6.08 Å². The van der Waals surface area contributed by atoms with Crippen LogP contribution in [0.1, 0.15) is 80.9 Å². The molecule has 2 fully saturated rings. The van der Waals surface area contributed by atoms with Gasteiger partial charge in [0.25, 0.3) is 5.91 Å². The van der Waals surface area contributed by atoms with Crippen molar-refractivity contribution in [3.8, 4) is 0 Å². The number of allylic oxidation sites excluding steroid dienone is 1. The van der Waals surface area contributed by atoms with Crippen LogP contribution in [-0.4, -0.2) is 55.1 Å². The van der Waals surface area contributed by atoms with E-state index in [0.717, 1.165) is 22.3 Å². The maximum atomic E-state index is 13.3. The molecule has 1 saturated carbocycles. The number of halogens is 1. The zero-order valence-electron chi connectivity index (χ0n) is 24.3. The fourth-order valence-corrected chi connectivity index (χ4v) is 6.29. The van der Waals surface area contributed by atoms with Gasteiger partial charge in [-0.15, -0.1) is 0 Å². The Hall–Kier alpha value is -3.33. The molecule has 214 valence electrons. The molecule has 3 heterocycles. The summed E-state index contributed by atoms with van der Waals surface area (Å²) in [6, 6.07) is 3.83. The third-order valence-corrected chi connectivity index (χ3v) is 8.74. The number of nitrogens with zero attached hydrogens (tertiary/aromatic N) is 4. The lowest BCUT2D eigenvalue weighted by atomic mass is 9.86. The summed E-state index contributed by atoms with van der Waals surface area (Å²) in [5.74, 6) is 1.80. The average Bonchev–Trinajstić information content (AvgIpc) is 3.61. The Morgan fingerprint density at radius 2 is 1.95 bits per heavy atom. The molecule has 2 amide bonds. The Bertz CT molecular complexity index is 1460. The first-order chi connectivity index (χ1) is 18.9. The number of H-pyrrole nitrogens is 1. The molecular formula is C30H40ClN7O2. The van der Waals surface area contributed by atoms with Crippen molar-refractivity contribution >= 4 is 40.1 Å². The van der Waals surface area contributed by atoms with Crippen LogP contribution >= 0.6 is 11.6 Å². The normalized spacial score (nSPS) is 19.9. The van der Waals surface area contributed by atoms with Gasteiger partial charge in [-0.3, -0.25) is 14.7 Å². The van der Waals surface area contributed by atoms with E-state index >= 15 is 0 Å². The molecule has 10 heteroatoms. The molecule has 3 N–H and O–H groups in total. The summed E-state index contributed by atoms with van der Waals surface area (Å²) in [6.07, 6.45) is 8.62. The van der Waals surface area contributed by atoms with E-state index in [0.29, 0.717) is 41.2 Å². The lowest BCUT2D eigenvalue weighted by Crippen LogP contribution is -2.66. The molecular weight excluding hydrogens is 526 g/mol. The van der Waals surface area contributed by atoms with Gasteiger partial charge in [-0.1, -0.05) is 51.3 Å². The fraction of sp³-hybridized carbons (Fsp3) is 0.533. The van der Waals surface area contributed by atoms with Gasteiger partial charge in [-0.25, -0.2) is 4.98 Å². The van der Waals surface area contributed by atoms with Crippen molar-refractivity contribution in [2.45, 2.75) is 84.3 Å². The Balaban J connectivity index is 1.22. The van der Waals surface area contributed by atoms with E-state index in [2.05, 4.69) is 58.7 Å². The van der Waals surface area contributed by atoms with E-state index in [4.69, 9.17) is 11.6 Å². The quantitative estimate of drug-likeness (QED) is 0.339. The molecule has 3 aromatic rings. The predicted molar refractivity (Wildman–Crippen MR) is 159 cm³/mol. The molecule has 0 unspecified atom stereocenters. The van der Waals surface area contributed by atoms with Crippen LogP contribution in [0.3, 0.4) is 0 Å². The van der Waals surface area contributed by atoms with Crippen LogP contribution in [0.25, 0.3) is 10.9 Å². The number of carbonyl (C=O) groups is 2. The number of hydrogen-bond acceptors (Lipinski definition) is 5. The molecule has 40 heavy (non-hydrogen) atoms. The third-order valence-electron chi connectivity index (χ3n) is 8.43. The zero-order valence-corrected chi connectivity index (χ0v) is 25.0. The van der Waals surface area contributed by atoms with Crippen molar-refractivity contribution in [1.82, 2.24) is 30.0 Å². The Morgan fingerprint density at radius 3 is 2.62 bits per heavy atom. The number of carbonyl (C=O) groups excluding carboxylic acids is 2. The Kier molecular flexibility index (Phi) is 7.70. The number of benzene rings is 1. The van der Waals surface area contributed by atoms with E-state index in [1.807, 2.05) is 36.4 Å². The number of imidazole rings is 1. The standard InChI is InChI=1S/C30H40ClN7O2/c1-17-27(29(40)34-24-16-38(18(24)2)26(39)12-11-19-9-7-8-10-19)37(6)25(33-17)15-32-28-20-13-21(30(3,4)5)22(31)14-23(20)35-36-28/h11-14,18-19,24H,7-10,15-16H2,1-6H3,(H,34,40)(H2,32,35,36)/b12-11+/t18-,24+/m0/s1. The molecule has 1 saturated heterocycles. The summed E-state index contributed by atoms with van der Waals surface area (Å²) in [5, 5.41) is 15.6. The monoisotopic (exact) mass is 565 g/mol. The Morgan fingerprint density at radius 1 is 1.23 bits per heavy atom. The van der Waals surface area contributed by atoms with Gasteiger partial charge in [0.1, 0.15) is 11.5 Å². The lowest BCUT2D eigenvalue weighted by molar-refractivity contribution is -0.134. The number of hydrogen-bond donors (Lipinski definition) is 3. The van der Waals surface area contributed by atoms with E-state index in [1.165, 1.54) is 25.7 Å². The second kappa shape index (κ2) is 10.9. The topological polar surface area (TPSA) is 108 Å². The molecule has 1 aliphatic carbocycles. The van der Waals surface area contributed by atoms with Crippen molar-refractivity contribution in [3.05, 3.63) is 52.1 Å². The first-order valence-corrected chi connectivity index (χ1v) is 14.6. The number of aromatic nitrogens is 4. The number of rotatable bonds is 7. The van der Waals surface area contributed by atoms with Crippen LogP contribution in [0.5, 0.6) is 0 Å². The SMILES string of the molecule is Cc1nc(CNc2n[nH]c3cc(Cl)c(C(C)(C)C)cc23)n(C)c1C(=O)N[C@@H]1CN(C(=O)/C=C/C2CCCC2)[C@H]1C. The van der Waals surface area contributed by atoms with Crippen LogP contribution in [0.15, 0.2) is 24.3 Å². The average molecular weight is 566 g/mol. The van der Waals surface area contributed by atoms with E-state index in [9.17, 15) is 9.59 Å². The van der Waals surface area contributed by atoms with Crippen LogP contribution in [-0.2, 0) is 23.8 Å². The molecule has 0 spiro atoms. The fourth-order valence-electron chi connectivity index (χ4n) is 5.85.